The molecule has 4 rings (SSSR count). The van der Waals surface area contributed by atoms with Gasteiger partial charge >= 0.3 is 0 Å². The fourth-order valence-corrected chi connectivity index (χ4v) is 6.11. The smallest absolute Gasteiger partial charge is 0.137 e. The number of fused-ring (bicyclic) bond motifs is 5. The van der Waals surface area contributed by atoms with Gasteiger partial charge in [-0.05, 0) is 43.1 Å². The summed E-state index contributed by atoms with van der Waals surface area (Å²) in [6.07, 6.45) is 11.9. The van der Waals surface area contributed by atoms with Gasteiger partial charge in [-0.25, -0.2) is 4.39 Å². The maximum Gasteiger partial charge on any atom is 0.137 e. The van der Waals surface area contributed by atoms with Gasteiger partial charge in [0.15, 0.2) is 0 Å². The Balaban J connectivity index is 1.81. The molecule has 2 saturated carbocycles. The first kappa shape index (κ1) is 16.1. The van der Waals surface area contributed by atoms with Crippen molar-refractivity contribution in [1.82, 2.24) is 0 Å². The average molecular weight is 328 g/mol. The highest BCUT2D eigenvalue weighted by Gasteiger charge is 2.61. The van der Waals surface area contributed by atoms with Crippen molar-refractivity contribution >= 4 is 5.78 Å². The Morgan fingerprint density at radius 2 is 2.12 bits per heavy atom. The highest BCUT2D eigenvalue weighted by Crippen LogP contribution is 2.65. The van der Waals surface area contributed by atoms with Crippen LogP contribution in [0, 0.1) is 35.0 Å². The normalized spacial score (nSPS) is 47.5. The first-order chi connectivity index (χ1) is 11.2. The van der Waals surface area contributed by atoms with Crippen LogP contribution in [0.3, 0.4) is 0 Å². The second kappa shape index (κ2) is 4.82. The monoisotopic (exact) mass is 328 g/mol. The molecule has 3 heteroatoms. The Morgan fingerprint density at radius 3 is 2.83 bits per heavy atom. The average Bonchev–Trinajstić information content (AvgIpc) is 2.82. The number of terminal acetylenes is 1. The van der Waals surface area contributed by atoms with Crippen LogP contribution in [-0.4, -0.2) is 16.5 Å². The number of aliphatic hydroxyl groups is 1. The van der Waals surface area contributed by atoms with Crippen molar-refractivity contribution in [1.29, 1.82) is 0 Å². The second-order valence-electron chi connectivity index (χ2n) is 8.67. The molecule has 24 heavy (non-hydrogen) atoms. The zero-order valence-electron chi connectivity index (χ0n) is 14.5. The molecule has 1 N–H and O–H groups in total. The fourth-order valence-electron chi connectivity index (χ4n) is 6.11. The van der Waals surface area contributed by atoms with E-state index >= 15 is 0 Å². The molecule has 128 valence electrons. The summed E-state index contributed by atoms with van der Waals surface area (Å²) in [7, 11) is 0. The third kappa shape index (κ3) is 1.78. The predicted molar refractivity (Wildman–Crippen MR) is 90.5 cm³/mol. The molecule has 0 amide bonds. The highest BCUT2D eigenvalue weighted by atomic mass is 19.1. The summed E-state index contributed by atoms with van der Waals surface area (Å²) in [6.45, 7) is 4.18. The van der Waals surface area contributed by atoms with Crippen LogP contribution in [0.5, 0.6) is 0 Å². The molecular formula is C21H25FO2. The maximum atomic E-state index is 15.0. The lowest BCUT2D eigenvalue weighted by Crippen LogP contribution is -2.50. The van der Waals surface area contributed by atoms with Crippen LogP contribution in [0.15, 0.2) is 23.0 Å². The van der Waals surface area contributed by atoms with E-state index in [9.17, 15) is 14.3 Å². The zero-order valence-corrected chi connectivity index (χ0v) is 14.5. The van der Waals surface area contributed by atoms with Gasteiger partial charge in [0.1, 0.15) is 17.2 Å². The van der Waals surface area contributed by atoms with Crippen LogP contribution >= 0.6 is 0 Å². The van der Waals surface area contributed by atoms with Gasteiger partial charge in [-0.2, -0.15) is 0 Å². The molecule has 2 nitrogen and oxygen atoms in total. The minimum absolute atomic E-state index is 0.0897. The molecule has 0 aliphatic heterocycles. The molecule has 0 saturated heterocycles. The summed E-state index contributed by atoms with van der Waals surface area (Å²) < 4.78 is 15.0. The van der Waals surface area contributed by atoms with Crippen LogP contribution in [0.2, 0.25) is 0 Å². The predicted octanol–water partition coefficient (Wildman–Crippen LogP) is 4.10. The van der Waals surface area contributed by atoms with E-state index in [0.717, 1.165) is 18.4 Å². The summed E-state index contributed by atoms with van der Waals surface area (Å²) in [5, 5.41) is 10.9. The number of hydrogen-bond acceptors (Lipinski definition) is 2. The second-order valence-corrected chi connectivity index (χ2v) is 8.67. The van der Waals surface area contributed by atoms with Crippen LogP contribution in [0.4, 0.5) is 4.39 Å². The lowest BCUT2D eigenvalue weighted by Gasteiger charge is -2.53. The van der Waals surface area contributed by atoms with E-state index in [1.54, 1.807) is 0 Å². The van der Waals surface area contributed by atoms with Gasteiger partial charge in [-0.3, -0.25) is 4.79 Å². The van der Waals surface area contributed by atoms with Gasteiger partial charge in [0.25, 0.3) is 0 Å². The largest absolute Gasteiger partial charge is 0.377 e. The van der Waals surface area contributed by atoms with E-state index in [2.05, 4.69) is 25.8 Å². The van der Waals surface area contributed by atoms with Gasteiger partial charge in [-0.1, -0.05) is 31.4 Å². The number of ketones is 1. The molecule has 5 atom stereocenters. The fraction of sp³-hybridized carbons (Fsp3) is 0.667. The van der Waals surface area contributed by atoms with E-state index in [-0.39, 0.29) is 40.7 Å². The van der Waals surface area contributed by atoms with E-state index < -0.39 is 5.60 Å². The molecule has 4 aliphatic rings. The summed E-state index contributed by atoms with van der Waals surface area (Å²) in [6, 6.07) is 0. The Labute approximate surface area is 143 Å². The molecule has 1 unspecified atom stereocenters. The zero-order chi connectivity index (χ0) is 17.3. The molecule has 4 aliphatic carbocycles. The molecule has 0 radical (unpaired) electrons. The molecule has 0 heterocycles. The first-order valence-electron chi connectivity index (χ1n) is 9.05. The molecule has 0 spiro atoms. The molecule has 0 aromatic rings. The van der Waals surface area contributed by atoms with Crippen molar-refractivity contribution in [3.63, 3.8) is 0 Å². The van der Waals surface area contributed by atoms with Crippen LogP contribution in [-0.2, 0) is 4.79 Å². The quantitative estimate of drug-likeness (QED) is 0.537. The summed E-state index contributed by atoms with van der Waals surface area (Å²) in [5.74, 6) is 3.01. The Bertz CT molecular complexity index is 727. The SMILES string of the molecule is C#CC1(O)CC[C@H]2[C@@H]3CC(F)=C4CC(=O)CC[C@]4(C)C3=CC[C@@]21C. The summed E-state index contributed by atoms with van der Waals surface area (Å²) in [5.41, 5.74) is 0.224. The Kier molecular flexibility index (Phi) is 3.23. The van der Waals surface area contributed by atoms with E-state index in [0.29, 0.717) is 25.7 Å². The van der Waals surface area contributed by atoms with Gasteiger partial charge in [0, 0.05) is 30.1 Å². The Hall–Kier alpha value is -1.40. The molecule has 0 aromatic carbocycles. The van der Waals surface area contributed by atoms with E-state index in [4.69, 9.17) is 6.42 Å². The van der Waals surface area contributed by atoms with Gasteiger partial charge in [0.2, 0.25) is 0 Å². The standard InChI is InChI=1S/C21H25FO2/c1-4-21(24)10-7-16-14-12-18(22)17-11-13(23)5-8-19(17,2)15(14)6-9-20(16,21)3/h1,6,14,16,24H,5,7-12H2,2-3H3/t14-,16+,19-,20+,21?/m1/s1. The summed E-state index contributed by atoms with van der Waals surface area (Å²) in [4.78, 5) is 11.8. The third-order valence-electron chi connectivity index (χ3n) is 7.76. The number of hydrogen-bond donors (Lipinski definition) is 1. The van der Waals surface area contributed by atoms with E-state index in [1.807, 2.05) is 0 Å². The number of allylic oxidation sites excluding steroid dienone is 4. The lowest BCUT2D eigenvalue weighted by molar-refractivity contribution is -0.120. The minimum Gasteiger partial charge on any atom is -0.377 e. The van der Waals surface area contributed by atoms with Crippen molar-refractivity contribution in [3.8, 4) is 12.3 Å². The number of rotatable bonds is 0. The number of carbonyl (C=O) groups is 1. The van der Waals surface area contributed by atoms with Crippen LogP contribution in [0.1, 0.15) is 58.8 Å². The molecule has 2 fully saturated rings. The van der Waals surface area contributed by atoms with E-state index in [1.165, 1.54) is 5.57 Å². The molecular weight excluding hydrogens is 303 g/mol. The van der Waals surface area contributed by atoms with Gasteiger partial charge in [0.05, 0.1) is 0 Å². The maximum absolute atomic E-state index is 15.0. The van der Waals surface area contributed by atoms with Crippen molar-refractivity contribution in [2.45, 2.75) is 64.4 Å². The number of Topliss-reactive ketones (excluding diaryl/α,β-unsaturated/α-hetero) is 1. The van der Waals surface area contributed by atoms with Crippen molar-refractivity contribution in [2.24, 2.45) is 22.7 Å². The number of halogens is 1. The summed E-state index contributed by atoms with van der Waals surface area (Å²) >= 11 is 0. The molecule has 0 bridgehead atoms. The third-order valence-corrected chi connectivity index (χ3v) is 7.76. The van der Waals surface area contributed by atoms with Crippen LogP contribution < -0.4 is 0 Å². The molecule has 0 aromatic heterocycles. The number of carbonyl (C=O) groups excluding carboxylic acids is 1. The topological polar surface area (TPSA) is 37.3 Å². The van der Waals surface area contributed by atoms with Crippen molar-refractivity contribution < 1.29 is 14.3 Å². The van der Waals surface area contributed by atoms with Crippen LogP contribution in [0.25, 0.3) is 0 Å². The van der Waals surface area contributed by atoms with Gasteiger partial charge < -0.3 is 5.11 Å². The van der Waals surface area contributed by atoms with Gasteiger partial charge in [-0.15, -0.1) is 6.42 Å². The van der Waals surface area contributed by atoms with Crippen molar-refractivity contribution in [2.75, 3.05) is 0 Å². The lowest BCUT2D eigenvalue weighted by atomic mass is 9.51. The first-order valence-corrected chi connectivity index (χ1v) is 9.05. The van der Waals surface area contributed by atoms with Crippen molar-refractivity contribution in [3.05, 3.63) is 23.0 Å². The highest BCUT2D eigenvalue weighted by molar-refractivity contribution is 5.83. The minimum atomic E-state index is -1.09. The Morgan fingerprint density at radius 1 is 1.38 bits per heavy atom.